The van der Waals surface area contributed by atoms with Gasteiger partial charge in [0.15, 0.2) is 0 Å². The summed E-state index contributed by atoms with van der Waals surface area (Å²) in [4.78, 5) is 11.7. The number of rotatable bonds is 7. The molecule has 1 aliphatic carbocycles. The van der Waals surface area contributed by atoms with Gasteiger partial charge in [-0.2, -0.15) is 0 Å². The Morgan fingerprint density at radius 3 is 2.52 bits per heavy atom. The lowest BCUT2D eigenvalue weighted by molar-refractivity contribution is -0.120. The van der Waals surface area contributed by atoms with Crippen LogP contribution in [0.3, 0.4) is 0 Å². The summed E-state index contributed by atoms with van der Waals surface area (Å²) < 4.78 is 47.8. The number of ether oxygens (including phenoxy) is 1. The number of fused-ring (bicyclic) bond motifs is 1. The van der Waals surface area contributed by atoms with E-state index >= 15 is 0 Å². The third-order valence-electron chi connectivity index (χ3n) is 6.40. The lowest BCUT2D eigenvalue weighted by atomic mass is 9.73. The molecule has 0 unspecified atom stereocenters. The predicted octanol–water partition coefficient (Wildman–Crippen LogP) is 4.31. The van der Waals surface area contributed by atoms with Gasteiger partial charge in [0.1, 0.15) is 28.8 Å². The molecule has 1 heterocycles. The number of hydrogen-bond donors (Lipinski definition) is 3. The predicted molar refractivity (Wildman–Crippen MR) is 120 cm³/mol. The van der Waals surface area contributed by atoms with E-state index in [4.69, 9.17) is 4.74 Å². The van der Waals surface area contributed by atoms with Crippen LogP contribution in [-0.4, -0.2) is 35.3 Å². The highest BCUT2D eigenvalue weighted by atomic mass is 79.9. The molecule has 1 fully saturated rings. The maximum Gasteiger partial charge on any atom is 0.217 e. The van der Waals surface area contributed by atoms with E-state index in [9.17, 15) is 23.1 Å². The summed E-state index contributed by atoms with van der Waals surface area (Å²) >= 11 is 3.22. The minimum Gasteiger partial charge on any atom is -0.487 e. The maximum absolute atomic E-state index is 14.1. The van der Waals surface area contributed by atoms with Crippen LogP contribution in [0.1, 0.15) is 49.8 Å². The van der Waals surface area contributed by atoms with Crippen LogP contribution in [0.25, 0.3) is 0 Å². The van der Waals surface area contributed by atoms with Crippen molar-refractivity contribution in [2.45, 2.75) is 62.8 Å². The lowest BCUT2D eigenvalue weighted by Crippen LogP contribution is -2.52. The number of aliphatic hydroxyl groups is 1. The SMILES string of the molecule is CC(=O)N[C@@H](Cc1cc(F)cc(F)c1)[C@@H](O)CN[C@H]1CC2(CCC2)Oc2cc(F)c(Br)cc21. The fourth-order valence-corrected chi connectivity index (χ4v) is 5.01. The van der Waals surface area contributed by atoms with Crippen LogP contribution in [0.15, 0.2) is 34.8 Å². The van der Waals surface area contributed by atoms with Gasteiger partial charge in [-0.15, -0.1) is 0 Å². The molecule has 0 radical (unpaired) electrons. The second-order valence-corrected chi connectivity index (χ2v) is 9.82. The molecule has 3 atom stereocenters. The van der Waals surface area contributed by atoms with Crippen molar-refractivity contribution < 1.29 is 27.8 Å². The Kier molecular flexibility index (Phi) is 7.02. The molecule has 2 aromatic carbocycles. The van der Waals surface area contributed by atoms with Gasteiger partial charge in [-0.1, -0.05) is 0 Å². The first-order chi connectivity index (χ1) is 15.6. The highest BCUT2D eigenvalue weighted by Gasteiger charge is 2.46. The molecule has 1 aliphatic heterocycles. The van der Waals surface area contributed by atoms with Crippen molar-refractivity contribution in [2.24, 2.45) is 0 Å². The first-order valence-corrected chi connectivity index (χ1v) is 11.7. The Balaban J connectivity index is 1.50. The summed E-state index contributed by atoms with van der Waals surface area (Å²) in [7, 11) is 0. The third kappa shape index (κ3) is 5.53. The van der Waals surface area contributed by atoms with Gasteiger partial charge in [-0.05, 0) is 65.4 Å². The quantitative estimate of drug-likeness (QED) is 0.502. The normalized spacial score (nSPS) is 20.4. The molecule has 5 nitrogen and oxygen atoms in total. The van der Waals surface area contributed by atoms with Crippen molar-refractivity contribution in [3.63, 3.8) is 0 Å². The zero-order valence-corrected chi connectivity index (χ0v) is 19.7. The van der Waals surface area contributed by atoms with E-state index in [1.807, 2.05) is 0 Å². The molecule has 1 saturated carbocycles. The molecule has 2 aromatic rings. The molecule has 1 spiro atoms. The second kappa shape index (κ2) is 9.64. The van der Waals surface area contributed by atoms with E-state index in [-0.39, 0.29) is 30.5 Å². The Labute approximate surface area is 198 Å². The molecular weight excluding hydrogens is 501 g/mol. The molecule has 33 heavy (non-hydrogen) atoms. The number of nitrogens with one attached hydrogen (secondary N) is 2. The molecular formula is C24H26BrF3N2O3. The van der Waals surface area contributed by atoms with Crippen LogP contribution in [0, 0.1) is 17.5 Å². The Morgan fingerprint density at radius 1 is 1.21 bits per heavy atom. The summed E-state index contributed by atoms with van der Waals surface area (Å²) in [5, 5.41) is 16.9. The van der Waals surface area contributed by atoms with E-state index in [0.29, 0.717) is 22.2 Å². The van der Waals surface area contributed by atoms with Gasteiger partial charge in [0, 0.05) is 43.6 Å². The van der Waals surface area contributed by atoms with Crippen molar-refractivity contribution >= 4 is 21.8 Å². The van der Waals surface area contributed by atoms with Gasteiger partial charge in [0.2, 0.25) is 5.91 Å². The first-order valence-electron chi connectivity index (χ1n) is 11.0. The summed E-state index contributed by atoms with van der Waals surface area (Å²) in [5.74, 6) is -1.72. The minimum absolute atomic E-state index is 0.0577. The van der Waals surface area contributed by atoms with E-state index in [1.165, 1.54) is 25.1 Å². The van der Waals surface area contributed by atoms with Crippen LogP contribution in [-0.2, 0) is 11.2 Å². The topological polar surface area (TPSA) is 70.6 Å². The Morgan fingerprint density at radius 2 is 1.91 bits per heavy atom. The van der Waals surface area contributed by atoms with E-state index in [2.05, 4.69) is 26.6 Å². The van der Waals surface area contributed by atoms with Gasteiger partial charge in [0.05, 0.1) is 16.6 Å². The minimum atomic E-state index is -1.03. The van der Waals surface area contributed by atoms with Crippen molar-refractivity contribution in [1.82, 2.24) is 10.6 Å². The molecule has 0 bridgehead atoms. The smallest absolute Gasteiger partial charge is 0.217 e. The highest BCUT2D eigenvalue weighted by molar-refractivity contribution is 9.10. The molecule has 2 aliphatic rings. The molecule has 1 amide bonds. The van der Waals surface area contributed by atoms with Crippen LogP contribution < -0.4 is 15.4 Å². The Bertz CT molecular complexity index is 1030. The standard InChI is InChI=1S/C24H26BrF3N2O3/c1-13(31)30-20(7-14-5-15(26)8-16(27)6-14)22(32)12-29-21-11-24(3-2-4-24)33-23-10-19(28)18(25)9-17(21)23/h5-6,8-10,20-22,29,32H,2-4,7,11-12H2,1H3,(H,30,31)/t20-,21-,22-/m0/s1. The van der Waals surface area contributed by atoms with E-state index in [1.54, 1.807) is 6.07 Å². The average molecular weight is 527 g/mol. The van der Waals surface area contributed by atoms with E-state index in [0.717, 1.165) is 30.9 Å². The largest absolute Gasteiger partial charge is 0.487 e. The second-order valence-electron chi connectivity index (χ2n) is 8.96. The van der Waals surface area contributed by atoms with Gasteiger partial charge in [0.25, 0.3) is 0 Å². The van der Waals surface area contributed by atoms with Crippen LogP contribution in [0.2, 0.25) is 0 Å². The number of amides is 1. The monoisotopic (exact) mass is 526 g/mol. The number of hydrogen-bond acceptors (Lipinski definition) is 4. The summed E-state index contributed by atoms with van der Waals surface area (Å²) in [6.07, 6.45) is 2.49. The fraction of sp³-hybridized carbons (Fsp3) is 0.458. The summed E-state index contributed by atoms with van der Waals surface area (Å²) in [6, 6.07) is 5.25. The summed E-state index contributed by atoms with van der Waals surface area (Å²) in [6.45, 7) is 1.43. The van der Waals surface area contributed by atoms with Crippen molar-refractivity contribution in [1.29, 1.82) is 0 Å². The lowest BCUT2D eigenvalue weighted by Gasteiger charge is -2.48. The van der Waals surface area contributed by atoms with E-state index < -0.39 is 29.6 Å². The van der Waals surface area contributed by atoms with Gasteiger partial charge >= 0.3 is 0 Å². The van der Waals surface area contributed by atoms with Gasteiger partial charge in [-0.3, -0.25) is 4.79 Å². The molecule has 0 saturated heterocycles. The van der Waals surface area contributed by atoms with Gasteiger partial charge < -0.3 is 20.5 Å². The zero-order chi connectivity index (χ0) is 23.8. The number of carbonyl (C=O) groups excluding carboxylic acids is 1. The average Bonchev–Trinajstić information content (AvgIpc) is 2.70. The molecule has 3 N–H and O–H groups in total. The summed E-state index contributed by atoms with van der Waals surface area (Å²) in [5.41, 5.74) is 0.775. The molecule has 9 heteroatoms. The molecule has 0 aromatic heterocycles. The molecule has 178 valence electrons. The first kappa shape index (κ1) is 24.0. The van der Waals surface area contributed by atoms with Crippen molar-refractivity contribution in [3.8, 4) is 5.75 Å². The highest BCUT2D eigenvalue weighted by Crippen LogP contribution is 2.49. The third-order valence-corrected chi connectivity index (χ3v) is 7.01. The number of halogens is 4. The van der Waals surface area contributed by atoms with Crippen molar-refractivity contribution in [2.75, 3.05) is 6.54 Å². The van der Waals surface area contributed by atoms with Gasteiger partial charge in [-0.25, -0.2) is 13.2 Å². The van der Waals surface area contributed by atoms with Crippen LogP contribution in [0.5, 0.6) is 5.75 Å². The van der Waals surface area contributed by atoms with Crippen LogP contribution in [0.4, 0.5) is 13.2 Å². The number of carbonyl (C=O) groups is 1. The van der Waals surface area contributed by atoms with Crippen molar-refractivity contribution in [3.05, 3.63) is 63.4 Å². The maximum atomic E-state index is 14.1. The zero-order valence-electron chi connectivity index (χ0n) is 18.1. The van der Waals surface area contributed by atoms with Crippen LogP contribution >= 0.6 is 15.9 Å². The molecule has 4 rings (SSSR count). The fourth-order valence-electron chi connectivity index (χ4n) is 4.65. The Hall–Kier alpha value is -2.10. The number of aliphatic hydroxyl groups excluding tert-OH is 1. The number of benzene rings is 2.